The first-order chi connectivity index (χ1) is 16.4. The van der Waals surface area contributed by atoms with Crippen molar-refractivity contribution >= 4 is 34.7 Å². The molecule has 0 aromatic heterocycles. The van der Waals surface area contributed by atoms with Crippen LogP contribution in [-0.4, -0.2) is 51.4 Å². The lowest BCUT2D eigenvalue weighted by molar-refractivity contribution is -0.149. The molecule has 35 heavy (non-hydrogen) atoms. The van der Waals surface area contributed by atoms with E-state index >= 15 is 0 Å². The van der Waals surface area contributed by atoms with Crippen molar-refractivity contribution in [2.24, 2.45) is 11.8 Å². The summed E-state index contributed by atoms with van der Waals surface area (Å²) in [5.74, 6) is -1.19. The van der Waals surface area contributed by atoms with Crippen molar-refractivity contribution < 1.29 is 29.0 Å². The van der Waals surface area contributed by atoms with Gasteiger partial charge in [0.1, 0.15) is 17.3 Å². The second kappa shape index (κ2) is 13.0. The highest BCUT2D eigenvalue weighted by atomic mass is 32.2. The van der Waals surface area contributed by atoms with E-state index in [4.69, 9.17) is 4.74 Å². The zero-order valence-corrected chi connectivity index (χ0v) is 22.1. The van der Waals surface area contributed by atoms with Gasteiger partial charge in [0.05, 0.1) is 11.9 Å². The highest BCUT2D eigenvalue weighted by Gasteiger charge is 2.45. The lowest BCUT2D eigenvalue weighted by Crippen LogP contribution is -2.61. The molecule has 1 saturated carbocycles. The molecule has 2 amide bonds. The number of hydrogen-bond donors (Lipinski definition) is 3. The maximum absolute atomic E-state index is 13.6. The summed E-state index contributed by atoms with van der Waals surface area (Å²) in [7, 11) is 0. The summed E-state index contributed by atoms with van der Waals surface area (Å²) in [6, 6.07) is 5.45. The molecule has 0 unspecified atom stereocenters. The van der Waals surface area contributed by atoms with Crippen LogP contribution in [0.15, 0.2) is 24.3 Å². The Morgan fingerprint density at radius 3 is 2.17 bits per heavy atom. The van der Waals surface area contributed by atoms with E-state index in [1.165, 1.54) is 19.1 Å². The van der Waals surface area contributed by atoms with Crippen LogP contribution < -0.4 is 10.6 Å². The molecule has 1 aromatic rings. The molecule has 8 nitrogen and oxygen atoms in total. The standard InChI is InChI=1S/C26H38N2O6S/c1-16(2)15-34-24(32)21(14-19-8-10-20(30)11-9-19)27-25(33)26(12-6-7-13-26)28-23(31)22(17(3)4)35-18(5)29/h8-11,16-17,21-22,30H,6-7,12-15H2,1-5H3,(H,27,33)(H,28,31)/t21-,22+/m0/s1. The van der Waals surface area contributed by atoms with Crippen LogP contribution >= 0.6 is 11.8 Å². The fourth-order valence-electron chi connectivity index (χ4n) is 4.07. The molecule has 9 heteroatoms. The fraction of sp³-hybridized carbons (Fsp3) is 0.615. The molecule has 1 aliphatic carbocycles. The Morgan fingerprint density at radius 2 is 1.66 bits per heavy atom. The van der Waals surface area contributed by atoms with Gasteiger partial charge in [-0.05, 0) is 42.4 Å². The van der Waals surface area contributed by atoms with Crippen LogP contribution in [0, 0.1) is 11.8 Å². The minimum atomic E-state index is -1.15. The molecule has 1 fully saturated rings. The first-order valence-electron chi connectivity index (χ1n) is 12.2. The summed E-state index contributed by atoms with van der Waals surface area (Å²) in [5, 5.41) is 14.6. The Bertz CT molecular complexity index is 894. The van der Waals surface area contributed by atoms with Crippen molar-refractivity contribution in [1.82, 2.24) is 10.6 Å². The molecule has 3 N–H and O–H groups in total. The van der Waals surface area contributed by atoms with Gasteiger partial charge in [-0.1, -0.05) is 64.4 Å². The van der Waals surface area contributed by atoms with Gasteiger partial charge in [-0.25, -0.2) is 4.79 Å². The Hall–Kier alpha value is -2.55. The molecular weight excluding hydrogens is 468 g/mol. The first-order valence-corrected chi connectivity index (χ1v) is 13.1. The van der Waals surface area contributed by atoms with Gasteiger partial charge in [-0.2, -0.15) is 0 Å². The van der Waals surface area contributed by atoms with Gasteiger partial charge >= 0.3 is 5.97 Å². The number of ether oxygens (including phenoxy) is 1. The van der Waals surface area contributed by atoms with Crippen LogP contribution in [0.3, 0.4) is 0 Å². The van der Waals surface area contributed by atoms with Crippen LogP contribution in [0.2, 0.25) is 0 Å². The predicted molar refractivity (Wildman–Crippen MR) is 136 cm³/mol. The van der Waals surface area contributed by atoms with E-state index in [-0.39, 0.29) is 41.6 Å². The van der Waals surface area contributed by atoms with E-state index in [1.54, 1.807) is 12.1 Å². The number of carbonyl (C=O) groups is 4. The zero-order valence-electron chi connectivity index (χ0n) is 21.3. The molecule has 2 atom stereocenters. The van der Waals surface area contributed by atoms with Crippen molar-refractivity contribution in [1.29, 1.82) is 0 Å². The molecule has 1 aliphatic rings. The minimum Gasteiger partial charge on any atom is -0.508 e. The van der Waals surface area contributed by atoms with Crippen molar-refractivity contribution in [2.45, 2.75) is 83.6 Å². The number of rotatable bonds is 11. The molecule has 2 rings (SSSR count). The molecule has 0 bridgehead atoms. The fourth-order valence-corrected chi connectivity index (χ4v) is 4.87. The number of thioether (sulfide) groups is 1. The van der Waals surface area contributed by atoms with Crippen molar-refractivity contribution in [3.8, 4) is 5.75 Å². The summed E-state index contributed by atoms with van der Waals surface area (Å²) in [6.07, 6.45) is 2.61. The summed E-state index contributed by atoms with van der Waals surface area (Å²) in [4.78, 5) is 51.3. The van der Waals surface area contributed by atoms with Gasteiger partial charge in [-0.15, -0.1) is 0 Å². The number of phenols is 1. The molecule has 1 aromatic carbocycles. The average molecular weight is 507 g/mol. The normalized spacial score (nSPS) is 16.5. The number of hydrogen-bond acceptors (Lipinski definition) is 7. The maximum atomic E-state index is 13.6. The molecule has 0 spiro atoms. The Kier molecular flexibility index (Phi) is 10.6. The number of phenolic OH excluding ortho intramolecular Hbond substituents is 1. The largest absolute Gasteiger partial charge is 0.508 e. The van der Waals surface area contributed by atoms with Gasteiger partial charge < -0.3 is 20.5 Å². The van der Waals surface area contributed by atoms with E-state index in [9.17, 15) is 24.3 Å². The van der Waals surface area contributed by atoms with E-state index in [0.717, 1.165) is 30.2 Å². The summed E-state index contributed by atoms with van der Waals surface area (Å²) >= 11 is 0.963. The topological polar surface area (TPSA) is 122 Å². The Morgan fingerprint density at radius 1 is 1.06 bits per heavy atom. The minimum absolute atomic E-state index is 0.0985. The number of carbonyl (C=O) groups excluding carboxylic acids is 4. The van der Waals surface area contributed by atoms with Gasteiger partial charge in [0, 0.05) is 13.3 Å². The van der Waals surface area contributed by atoms with Crippen molar-refractivity contribution in [3.63, 3.8) is 0 Å². The molecule has 0 heterocycles. The molecule has 0 radical (unpaired) electrons. The van der Waals surface area contributed by atoms with Crippen molar-refractivity contribution in [2.75, 3.05) is 6.61 Å². The zero-order chi connectivity index (χ0) is 26.2. The SMILES string of the molecule is CC(=O)S[C@@H](C(=O)NC1(C(=O)N[C@@H](Cc2ccc(O)cc2)C(=O)OCC(C)C)CCCC1)C(C)C. The third kappa shape index (κ3) is 8.56. The van der Waals surface area contributed by atoms with Crippen LogP contribution in [0.4, 0.5) is 0 Å². The third-order valence-corrected chi connectivity index (χ3v) is 7.28. The van der Waals surface area contributed by atoms with E-state index in [2.05, 4.69) is 10.6 Å². The third-order valence-electron chi connectivity index (χ3n) is 5.94. The van der Waals surface area contributed by atoms with E-state index < -0.39 is 28.7 Å². The van der Waals surface area contributed by atoms with E-state index in [1.807, 2.05) is 27.7 Å². The van der Waals surface area contributed by atoms with Gasteiger partial charge in [0.25, 0.3) is 0 Å². The first kappa shape index (κ1) is 28.7. The maximum Gasteiger partial charge on any atom is 0.328 e. The van der Waals surface area contributed by atoms with Crippen LogP contribution in [-0.2, 0) is 30.3 Å². The number of amides is 2. The highest BCUT2D eigenvalue weighted by Crippen LogP contribution is 2.32. The molecular formula is C26H38N2O6S. The number of nitrogens with one attached hydrogen (secondary N) is 2. The second-order valence-electron chi connectivity index (χ2n) is 9.97. The van der Waals surface area contributed by atoms with Crippen LogP contribution in [0.1, 0.15) is 65.9 Å². The Labute approximate surface area is 212 Å². The molecule has 0 aliphatic heterocycles. The smallest absolute Gasteiger partial charge is 0.328 e. The predicted octanol–water partition coefficient (Wildman–Crippen LogP) is 3.35. The second-order valence-corrected chi connectivity index (χ2v) is 11.3. The van der Waals surface area contributed by atoms with Gasteiger partial charge in [0.15, 0.2) is 5.12 Å². The van der Waals surface area contributed by atoms with Gasteiger partial charge in [0.2, 0.25) is 11.8 Å². The lowest BCUT2D eigenvalue weighted by Gasteiger charge is -2.33. The highest BCUT2D eigenvalue weighted by molar-refractivity contribution is 8.14. The number of benzene rings is 1. The van der Waals surface area contributed by atoms with Crippen LogP contribution in [0.5, 0.6) is 5.75 Å². The summed E-state index contributed by atoms with van der Waals surface area (Å²) in [5.41, 5.74) is -0.399. The Balaban J connectivity index is 2.23. The van der Waals surface area contributed by atoms with E-state index in [0.29, 0.717) is 12.8 Å². The molecule has 194 valence electrons. The van der Waals surface area contributed by atoms with Gasteiger partial charge in [-0.3, -0.25) is 14.4 Å². The number of aromatic hydroxyl groups is 1. The monoisotopic (exact) mass is 506 g/mol. The number of esters is 1. The van der Waals surface area contributed by atoms with Crippen molar-refractivity contribution in [3.05, 3.63) is 29.8 Å². The lowest BCUT2D eigenvalue weighted by atomic mass is 9.94. The summed E-state index contributed by atoms with van der Waals surface area (Å²) < 4.78 is 5.42. The quantitative estimate of drug-likeness (QED) is 0.394. The van der Waals surface area contributed by atoms with Crippen LogP contribution in [0.25, 0.3) is 0 Å². The molecule has 0 saturated heterocycles. The average Bonchev–Trinajstić information content (AvgIpc) is 3.26. The summed E-state index contributed by atoms with van der Waals surface area (Å²) in [6.45, 7) is 9.21.